The predicted octanol–water partition coefficient (Wildman–Crippen LogP) is 2.56. The highest BCUT2D eigenvalue weighted by Gasteiger charge is 2.29. The van der Waals surface area contributed by atoms with Gasteiger partial charge in [-0.25, -0.2) is 0 Å². The Balaban J connectivity index is 2.34. The van der Waals surface area contributed by atoms with E-state index in [1.165, 1.54) is 0 Å². The highest BCUT2D eigenvalue weighted by atomic mass is 16.6. The van der Waals surface area contributed by atoms with Gasteiger partial charge in [-0.1, -0.05) is 13.0 Å². The largest absolute Gasteiger partial charge is 0.380 e. The number of nitro groups is 1. The van der Waals surface area contributed by atoms with Gasteiger partial charge in [0.15, 0.2) is 0 Å². The number of likely N-dealkylation sites (N-methyl/N-ethyl adjacent to an activating group) is 1. The molecule has 0 amide bonds. The lowest BCUT2D eigenvalue weighted by molar-refractivity contribution is -0.383. The molecule has 0 radical (unpaired) electrons. The first-order valence-electron chi connectivity index (χ1n) is 7.54. The molecule has 1 atom stereocenters. The van der Waals surface area contributed by atoms with Gasteiger partial charge in [-0.15, -0.1) is 0 Å². The zero-order valence-corrected chi connectivity index (χ0v) is 13.0. The van der Waals surface area contributed by atoms with E-state index >= 15 is 0 Å². The van der Waals surface area contributed by atoms with Gasteiger partial charge in [-0.05, 0) is 32.5 Å². The van der Waals surface area contributed by atoms with Gasteiger partial charge >= 0.3 is 5.69 Å². The maximum atomic E-state index is 11.5. The molecule has 0 aromatic heterocycles. The van der Waals surface area contributed by atoms with Gasteiger partial charge in [0, 0.05) is 32.2 Å². The fourth-order valence-corrected chi connectivity index (χ4v) is 2.92. The van der Waals surface area contributed by atoms with Crippen molar-refractivity contribution in [1.29, 1.82) is 0 Å². The Bertz CT molecular complexity index is 506. The van der Waals surface area contributed by atoms with Crippen molar-refractivity contribution in [1.82, 2.24) is 4.90 Å². The number of para-hydroxylation sites is 1. The van der Waals surface area contributed by atoms with E-state index in [0.29, 0.717) is 18.3 Å². The van der Waals surface area contributed by atoms with Crippen LogP contribution in [0.5, 0.6) is 0 Å². The highest BCUT2D eigenvalue weighted by molar-refractivity contribution is 5.77. The quantitative estimate of drug-likeness (QED) is 0.667. The van der Waals surface area contributed by atoms with Crippen LogP contribution in [0.25, 0.3) is 0 Å². The van der Waals surface area contributed by atoms with Gasteiger partial charge in [-0.2, -0.15) is 0 Å². The lowest BCUT2D eigenvalue weighted by Crippen LogP contribution is -2.51. The maximum absolute atomic E-state index is 11.5. The van der Waals surface area contributed by atoms with Crippen LogP contribution in [0.1, 0.15) is 20.3 Å². The van der Waals surface area contributed by atoms with Gasteiger partial charge in [-0.3, -0.25) is 15.0 Å². The summed E-state index contributed by atoms with van der Waals surface area (Å²) in [6.07, 6.45) is 1.05. The summed E-state index contributed by atoms with van der Waals surface area (Å²) in [4.78, 5) is 15.7. The van der Waals surface area contributed by atoms with Crippen LogP contribution in [0.2, 0.25) is 0 Å². The molecular weight excluding hydrogens is 268 g/mol. The number of benzene rings is 1. The lowest BCUT2D eigenvalue weighted by atomic mass is 10.1. The Hall–Kier alpha value is -1.82. The summed E-state index contributed by atoms with van der Waals surface area (Å²) in [5.74, 6) is 0. The second-order valence-electron chi connectivity index (χ2n) is 5.45. The van der Waals surface area contributed by atoms with Gasteiger partial charge < -0.3 is 10.2 Å². The van der Waals surface area contributed by atoms with E-state index < -0.39 is 0 Å². The maximum Gasteiger partial charge on any atom is 0.315 e. The average Bonchev–Trinajstić information content (AvgIpc) is 2.47. The number of anilines is 2. The lowest BCUT2D eigenvalue weighted by Gasteiger charge is -2.40. The van der Waals surface area contributed by atoms with Crippen LogP contribution in [0.3, 0.4) is 0 Å². The van der Waals surface area contributed by atoms with Crippen LogP contribution in [0.15, 0.2) is 18.2 Å². The molecule has 0 saturated carbocycles. The van der Waals surface area contributed by atoms with Crippen LogP contribution in [-0.4, -0.2) is 49.1 Å². The van der Waals surface area contributed by atoms with Crippen molar-refractivity contribution in [2.75, 3.05) is 43.4 Å². The van der Waals surface area contributed by atoms with Crippen LogP contribution in [0.4, 0.5) is 17.1 Å². The standard InChI is InChI=1S/C15H24N4O2/c1-4-12-11-18(10-9-17(12)3)14-8-6-7-13(16-5-2)15(14)19(20)21/h6-8,12,16H,4-5,9-11H2,1-3H3. The normalized spacial score (nSPS) is 19.6. The smallest absolute Gasteiger partial charge is 0.315 e. The monoisotopic (exact) mass is 292 g/mol. The minimum atomic E-state index is -0.271. The molecule has 0 spiro atoms. The van der Waals surface area contributed by atoms with Crippen LogP contribution < -0.4 is 10.2 Å². The number of nitrogens with one attached hydrogen (secondary N) is 1. The SMILES string of the molecule is CCNc1cccc(N2CCN(C)C(CC)C2)c1[N+](=O)[O-]. The van der Waals surface area contributed by atoms with Crippen LogP contribution >= 0.6 is 0 Å². The van der Waals surface area contributed by atoms with Crippen molar-refractivity contribution in [3.63, 3.8) is 0 Å². The Morgan fingerprint density at radius 1 is 1.38 bits per heavy atom. The van der Waals surface area contributed by atoms with Gasteiger partial charge in [0.05, 0.1) is 4.92 Å². The molecule has 1 fully saturated rings. The summed E-state index contributed by atoms with van der Waals surface area (Å²) in [6.45, 7) is 7.37. The second-order valence-corrected chi connectivity index (χ2v) is 5.45. The molecule has 116 valence electrons. The summed E-state index contributed by atoms with van der Waals surface area (Å²) >= 11 is 0. The summed E-state index contributed by atoms with van der Waals surface area (Å²) in [7, 11) is 2.12. The molecule has 1 aromatic carbocycles. The van der Waals surface area contributed by atoms with E-state index in [9.17, 15) is 10.1 Å². The molecule has 2 rings (SSSR count). The van der Waals surface area contributed by atoms with E-state index in [-0.39, 0.29) is 10.6 Å². The first-order valence-corrected chi connectivity index (χ1v) is 7.54. The van der Waals surface area contributed by atoms with Gasteiger partial charge in [0.25, 0.3) is 0 Å². The first kappa shape index (κ1) is 15.6. The third kappa shape index (κ3) is 3.26. The third-order valence-electron chi connectivity index (χ3n) is 4.15. The summed E-state index contributed by atoms with van der Waals surface area (Å²) in [5.41, 5.74) is 1.52. The average molecular weight is 292 g/mol. The fraction of sp³-hybridized carbons (Fsp3) is 0.600. The zero-order chi connectivity index (χ0) is 15.4. The van der Waals surface area contributed by atoms with Crippen molar-refractivity contribution in [2.24, 2.45) is 0 Å². The minimum absolute atomic E-state index is 0.193. The molecule has 6 nitrogen and oxygen atoms in total. The molecule has 1 aliphatic rings. The van der Waals surface area contributed by atoms with E-state index in [4.69, 9.17) is 0 Å². The van der Waals surface area contributed by atoms with Crippen molar-refractivity contribution in [3.05, 3.63) is 28.3 Å². The van der Waals surface area contributed by atoms with Gasteiger partial charge in [0.2, 0.25) is 0 Å². The van der Waals surface area contributed by atoms with Crippen molar-refractivity contribution in [3.8, 4) is 0 Å². The first-order chi connectivity index (χ1) is 10.1. The molecule has 1 unspecified atom stereocenters. The topological polar surface area (TPSA) is 61.6 Å². The Morgan fingerprint density at radius 3 is 2.76 bits per heavy atom. The van der Waals surface area contributed by atoms with Crippen molar-refractivity contribution in [2.45, 2.75) is 26.3 Å². The van der Waals surface area contributed by atoms with Crippen molar-refractivity contribution >= 4 is 17.1 Å². The molecule has 1 aromatic rings. The Kier molecular flexibility index (Phi) is 5.01. The Morgan fingerprint density at radius 2 is 2.14 bits per heavy atom. The Labute approximate surface area is 125 Å². The molecule has 1 heterocycles. The zero-order valence-electron chi connectivity index (χ0n) is 13.0. The number of rotatable bonds is 5. The van der Waals surface area contributed by atoms with E-state index in [1.807, 2.05) is 19.1 Å². The molecule has 1 aliphatic heterocycles. The summed E-state index contributed by atoms with van der Waals surface area (Å²) in [5, 5.41) is 14.6. The number of nitro benzene ring substituents is 1. The molecule has 0 bridgehead atoms. The molecule has 1 N–H and O–H groups in total. The van der Waals surface area contributed by atoms with Crippen LogP contribution in [0, 0.1) is 10.1 Å². The molecule has 0 aliphatic carbocycles. The minimum Gasteiger partial charge on any atom is -0.380 e. The summed E-state index contributed by atoms with van der Waals surface area (Å²) in [6, 6.07) is 5.97. The number of piperazine rings is 1. The highest BCUT2D eigenvalue weighted by Crippen LogP contribution is 2.36. The predicted molar refractivity (Wildman–Crippen MR) is 86.2 cm³/mol. The number of hydrogen-bond donors (Lipinski definition) is 1. The molecule has 21 heavy (non-hydrogen) atoms. The van der Waals surface area contributed by atoms with E-state index in [2.05, 4.69) is 29.1 Å². The number of hydrogen-bond acceptors (Lipinski definition) is 5. The summed E-state index contributed by atoms with van der Waals surface area (Å²) < 4.78 is 0. The van der Waals surface area contributed by atoms with Gasteiger partial charge in [0.1, 0.15) is 11.4 Å². The number of nitrogens with zero attached hydrogens (tertiary/aromatic N) is 3. The van der Waals surface area contributed by atoms with Crippen LogP contribution in [-0.2, 0) is 0 Å². The molecule has 1 saturated heterocycles. The molecular formula is C15H24N4O2. The third-order valence-corrected chi connectivity index (χ3v) is 4.15. The fourth-order valence-electron chi connectivity index (χ4n) is 2.92. The van der Waals surface area contributed by atoms with Crippen molar-refractivity contribution < 1.29 is 4.92 Å². The van der Waals surface area contributed by atoms with E-state index in [0.717, 1.165) is 31.7 Å². The molecule has 6 heteroatoms. The van der Waals surface area contributed by atoms with E-state index in [1.54, 1.807) is 6.07 Å². The second kappa shape index (κ2) is 6.76.